The van der Waals surface area contributed by atoms with Crippen molar-refractivity contribution in [2.45, 2.75) is 50.6 Å². The van der Waals surface area contributed by atoms with Gasteiger partial charge in [0.2, 0.25) is 5.89 Å². The van der Waals surface area contributed by atoms with Gasteiger partial charge >= 0.3 is 0 Å². The topological polar surface area (TPSA) is 87.9 Å². The van der Waals surface area contributed by atoms with Crippen LogP contribution in [-0.2, 0) is 6.54 Å². The van der Waals surface area contributed by atoms with Gasteiger partial charge in [-0.1, -0.05) is 23.7 Å². The molecule has 7 heteroatoms. The molecule has 0 amide bonds. The highest BCUT2D eigenvalue weighted by atomic mass is 16.5. The molecule has 3 aromatic rings. The summed E-state index contributed by atoms with van der Waals surface area (Å²) >= 11 is 0. The van der Waals surface area contributed by atoms with Gasteiger partial charge < -0.3 is 9.51 Å². The van der Waals surface area contributed by atoms with Crippen LogP contribution in [0.25, 0.3) is 10.9 Å². The Morgan fingerprint density at radius 2 is 2.04 bits per heavy atom. The fraction of sp³-hybridized carbons (Fsp3) is 0.474. The van der Waals surface area contributed by atoms with E-state index in [0.29, 0.717) is 17.8 Å². The smallest absolute Gasteiger partial charge is 0.258 e. The van der Waals surface area contributed by atoms with Crippen LogP contribution in [0.5, 0.6) is 0 Å². The van der Waals surface area contributed by atoms with Crippen LogP contribution in [0.3, 0.4) is 0 Å². The van der Waals surface area contributed by atoms with Crippen molar-refractivity contribution in [3.63, 3.8) is 0 Å². The monoisotopic (exact) mass is 351 g/mol. The Morgan fingerprint density at radius 1 is 1.15 bits per heavy atom. The number of hydrogen-bond acceptors (Lipinski definition) is 6. The van der Waals surface area contributed by atoms with E-state index in [0.717, 1.165) is 55.3 Å². The summed E-state index contributed by atoms with van der Waals surface area (Å²) < 4.78 is 5.44. The van der Waals surface area contributed by atoms with Crippen molar-refractivity contribution in [3.8, 4) is 0 Å². The highest BCUT2D eigenvalue weighted by molar-refractivity contribution is 5.77. The second-order valence-corrected chi connectivity index (χ2v) is 7.27. The summed E-state index contributed by atoms with van der Waals surface area (Å²) in [5.74, 6) is 2.68. The van der Waals surface area contributed by atoms with Crippen molar-refractivity contribution in [2.24, 2.45) is 0 Å². The Labute approximate surface area is 150 Å². The molecular formula is C19H21N5O2. The van der Waals surface area contributed by atoms with Crippen LogP contribution in [0.4, 0.5) is 0 Å². The maximum atomic E-state index is 12.4. The number of hydrogen-bond donors (Lipinski definition) is 1. The number of benzene rings is 1. The third kappa shape index (κ3) is 2.72. The summed E-state index contributed by atoms with van der Waals surface area (Å²) in [5.41, 5.74) is 0.661. The van der Waals surface area contributed by atoms with E-state index in [2.05, 4.69) is 20.0 Å². The molecule has 26 heavy (non-hydrogen) atoms. The van der Waals surface area contributed by atoms with Crippen LogP contribution >= 0.6 is 0 Å². The van der Waals surface area contributed by atoms with Crippen molar-refractivity contribution in [2.75, 3.05) is 6.54 Å². The molecule has 134 valence electrons. The predicted octanol–water partition coefficient (Wildman–Crippen LogP) is 2.91. The molecule has 1 unspecified atom stereocenters. The van der Waals surface area contributed by atoms with E-state index in [4.69, 9.17) is 9.51 Å². The number of nitrogens with zero attached hydrogens (tertiary/aromatic N) is 4. The van der Waals surface area contributed by atoms with Gasteiger partial charge in [0.15, 0.2) is 5.82 Å². The molecule has 1 aromatic carbocycles. The minimum absolute atomic E-state index is 0.0794. The first-order chi connectivity index (χ1) is 12.8. The first-order valence-electron chi connectivity index (χ1n) is 9.33. The summed E-state index contributed by atoms with van der Waals surface area (Å²) in [4.78, 5) is 26.9. The minimum Gasteiger partial charge on any atom is -0.339 e. The molecule has 2 aromatic heterocycles. The van der Waals surface area contributed by atoms with Gasteiger partial charge in [0.05, 0.1) is 23.5 Å². The molecule has 1 saturated heterocycles. The third-order valence-corrected chi connectivity index (χ3v) is 5.59. The zero-order valence-electron chi connectivity index (χ0n) is 14.5. The van der Waals surface area contributed by atoms with E-state index in [1.807, 2.05) is 18.2 Å². The number of H-pyrrole nitrogens is 1. The Balaban J connectivity index is 1.40. The highest BCUT2D eigenvalue weighted by Gasteiger charge is 2.31. The number of fused-ring (bicyclic) bond motifs is 1. The maximum Gasteiger partial charge on any atom is 0.258 e. The van der Waals surface area contributed by atoms with Crippen LogP contribution in [0.15, 0.2) is 33.6 Å². The van der Waals surface area contributed by atoms with Crippen LogP contribution < -0.4 is 5.56 Å². The maximum absolute atomic E-state index is 12.4. The van der Waals surface area contributed by atoms with E-state index in [1.165, 1.54) is 6.42 Å². The predicted molar refractivity (Wildman–Crippen MR) is 95.6 cm³/mol. The van der Waals surface area contributed by atoms with E-state index in [9.17, 15) is 4.79 Å². The van der Waals surface area contributed by atoms with Gasteiger partial charge in [-0.05, 0) is 44.4 Å². The summed E-state index contributed by atoms with van der Waals surface area (Å²) in [6, 6.07) is 7.54. The van der Waals surface area contributed by atoms with Crippen LogP contribution in [-0.4, -0.2) is 31.6 Å². The molecule has 0 radical (unpaired) electrons. The van der Waals surface area contributed by atoms with Gasteiger partial charge in [-0.3, -0.25) is 9.69 Å². The standard InChI is InChI=1S/C19H21N5O2/c25-18-13-7-1-2-8-14(13)20-17(22-18)15-9-4-10-24(15)11-16-21-19(26-23-16)12-5-3-6-12/h1-2,7-8,12,15H,3-6,9-11H2,(H,20,22,25). The number of nitrogens with one attached hydrogen (secondary N) is 1. The molecule has 1 aliphatic carbocycles. The van der Waals surface area contributed by atoms with E-state index in [1.54, 1.807) is 6.07 Å². The lowest BCUT2D eigenvalue weighted by atomic mass is 9.85. The lowest BCUT2D eigenvalue weighted by Gasteiger charge is -2.22. The first kappa shape index (κ1) is 15.7. The summed E-state index contributed by atoms with van der Waals surface area (Å²) in [6.45, 7) is 1.56. The van der Waals surface area contributed by atoms with E-state index < -0.39 is 0 Å². The highest BCUT2D eigenvalue weighted by Crippen LogP contribution is 2.36. The summed E-state index contributed by atoms with van der Waals surface area (Å²) in [7, 11) is 0. The lowest BCUT2D eigenvalue weighted by molar-refractivity contribution is 0.229. The molecule has 2 aliphatic rings. The molecule has 2 fully saturated rings. The number of likely N-dealkylation sites (tertiary alicyclic amines) is 1. The molecule has 7 nitrogen and oxygen atoms in total. The quantitative estimate of drug-likeness (QED) is 0.777. The molecule has 1 N–H and O–H groups in total. The summed E-state index contributed by atoms with van der Waals surface area (Å²) in [6.07, 6.45) is 5.58. The largest absolute Gasteiger partial charge is 0.339 e. The molecule has 0 bridgehead atoms. The number of rotatable bonds is 4. The first-order valence-corrected chi connectivity index (χ1v) is 9.33. The Bertz CT molecular complexity index is 991. The Kier molecular flexibility index (Phi) is 3.81. The zero-order valence-corrected chi connectivity index (χ0v) is 14.5. The number of aromatic nitrogens is 4. The molecular weight excluding hydrogens is 330 g/mol. The van der Waals surface area contributed by atoms with E-state index in [-0.39, 0.29) is 11.6 Å². The second-order valence-electron chi connectivity index (χ2n) is 7.27. The van der Waals surface area contributed by atoms with Gasteiger partial charge in [0.1, 0.15) is 5.82 Å². The molecule has 0 spiro atoms. The molecule has 5 rings (SSSR count). The van der Waals surface area contributed by atoms with E-state index >= 15 is 0 Å². The molecule has 1 aliphatic heterocycles. The van der Waals surface area contributed by atoms with Crippen molar-refractivity contribution < 1.29 is 4.52 Å². The second kappa shape index (κ2) is 6.32. The zero-order chi connectivity index (χ0) is 17.5. The fourth-order valence-corrected chi connectivity index (χ4v) is 3.92. The van der Waals surface area contributed by atoms with Crippen molar-refractivity contribution in [1.29, 1.82) is 0 Å². The molecule has 3 heterocycles. The van der Waals surface area contributed by atoms with Crippen molar-refractivity contribution in [1.82, 2.24) is 25.0 Å². The van der Waals surface area contributed by atoms with Crippen LogP contribution in [0, 0.1) is 0 Å². The van der Waals surface area contributed by atoms with Crippen molar-refractivity contribution >= 4 is 10.9 Å². The molecule has 1 saturated carbocycles. The average Bonchev–Trinajstić information content (AvgIpc) is 3.24. The SMILES string of the molecule is O=c1[nH]c(C2CCCN2Cc2noc(C3CCC3)n2)nc2ccccc12. The fourth-order valence-electron chi connectivity index (χ4n) is 3.92. The Hall–Kier alpha value is -2.54. The third-order valence-electron chi connectivity index (χ3n) is 5.59. The van der Waals surface area contributed by atoms with Gasteiger partial charge in [-0.2, -0.15) is 4.98 Å². The molecule has 1 atom stereocenters. The summed E-state index contributed by atoms with van der Waals surface area (Å²) in [5, 5.41) is 4.79. The van der Waals surface area contributed by atoms with Gasteiger partial charge in [0, 0.05) is 5.92 Å². The van der Waals surface area contributed by atoms with Crippen LogP contribution in [0.2, 0.25) is 0 Å². The number of para-hydroxylation sites is 1. The van der Waals surface area contributed by atoms with Crippen molar-refractivity contribution in [3.05, 3.63) is 52.2 Å². The minimum atomic E-state index is -0.0794. The average molecular weight is 351 g/mol. The number of aromatic amines is 1. The Morgan fingerprint density at radius 3 is 2.88 bits per heavy atom. The van der Waals surface area contributed by atoms with Gasteiger partial charge in [-0.25, -0.2) is 4.98 Å². The van der Waals surface area contributed by atoms with Gasteiger partial charge in [-0.15, -0.1) is 0 Å². The normalized spacial score (nSPS) is 21.3. The van der Waals surface area contributed by atoms with Gasteiger partial charge in [0.25, 0.3) is 5.56 Å². The van der Waals surface area contributed by atoms with Crippen LogP contribution in [0.1, 0.15) is 61.6 Å². The lowest BCUT2D eigenvalue weighted by Crippen LogP contribution is -2.26.